The molecule has 2 N–H and O–H groups in total. The van der Waals surface area contributed by atoms with Gasteiger partial charge in [0.05, 0.1) is 6.54 Å². The molecule has 7 heteroatoms. The molecule has 20 heavy (non-hydrogen) atoms. The summed E-state index contributed by atoms with van der Waals surface area (Å²) in [7, 11) is 0. The monoisotopic (exact) mass is 346 g/mol. The van der Waals surface area contributed by atoms with Crippen LogP contribution in [0.4, 0.5) is 18.9 Å². The van der Waals surface area contributed by atoms with Crippen molar-refractivity contribution in [3.05, 3.63) is 62.5 Å². The highest BCUT2D eigenvalue weighted by atomic mass is 79.9. The molecule has 0 saturated carbocycles. The lowest BCUT2D eigenvalue weighted by Gasteiger charge is -2.16. The van der Waals surface area contributed by atoms with Gasteiger partial charge in [-0.15, -0.1) is 0 Å². The van der Waals surface area contributed by atoms with Gasteiger partial charge in [-0.05, 0) is 33.6 Å². The Balaban J connectivity index is 2.54. The highest BCUT2D eigenvalue weighted by molar-refractivity contribution is 9.10. The average Bonchev–Trinajstić information content (AvgIpc) is 2.36. The number of hydrogen-bond acceptors (Lipinski definition) is 2. The zero-order valence-electron chi connectivity index (χ0n) is 10.1. The van der Waals surface area contributed by atoms with Crippen LogP contribution in [0.3, 0.4) is 0 Å². The fraction of sp³-hybridized carbons (Fsp3) is 0.154. The number of alkyl halides is 3. The minimum Gasteiger partial charge on any atom is -0.398 e. The van der Waals surface area contributed by atoms with Gasteiger partial charge >= 0.3 is 6.18 Å². The topological polar surface area (TPSA) is 48.0 Å². The van der Waals surface area contributed by atoms with Crippen molar-refractivity contribution in [2.75, 3.05) is 5.73 Å². The summed E-state index contributed by atoms with van der Waals surface area (Å²) in [6.07, 6.45) is -4.59. The molecular weight excluding hydrogens is 337 g/mol. The van der Waals surface area contributed by atoms with E-state index in [1.165, 1.54) is 0 Å². The highest BCUT2D eigenvalue weighted by Gasteiger charge is 2.34. The number of pyridine rings is 1. The molecule has 0 atom stereocenters. The Labute approximate surface area is 121 Å². The van der Waals surface area contributed by atoms with Crippen molar-refractivity contribution in [2.24, 2.45) is 0 Å². The van der Waals surface area contributed by atoms with E-state index in [4.69, 9.17) is 5.73 Å². The first-order valence-electron chi connectivity index (χ1n) is 5.60. The van der Waals surface area contributed by atoms with E-state index < -0.39 is 17.4 Å². The number of halogens is 4. The molecule has 2 rings (SSSR count). The van der Waals surface area contributed by atoms with Crippen molar-refractivity contribution in [3.63, 3.8) is 0 Å². The first kappa shape index (κ1) is 14.6. The number of nitrogens with zero attached hydrogens (tertiary/aromatic N) is 1. The summed E-state index contributed by atoms with van der Waals surface area (Å²) in [4.78, 5) is 11.7. The third-order valence-electron chi connectivity index (χ3n) is 2.78. The molecule has 106 valence electrons. The number of rotatable bonds is 2. The van der Waals surface area contributed by atoms with E-state index in [1.807, 2.05) is 0 Å². The van der Waals surface area contributed by atoms with E-state index in [0.29, 0.717) is 20.3 Å². The molecule has 0 aliphatic heterocycles. The summed E-state index contributed by atoms with van der Waals surface area (Å²) in [5.41, 5.74) is 4.89. The molecule has 0 amide bonds. The normalized spacial score (nSPS) is 11.6. The molecule has 0 saturated heterocycles. The first-order chi connectivity index (χ1) is 9.30. The van der Waals surface area contributed by atoms with Crippen molar-refractivity contribution < 1.29 is 13.2 Å². The van der Waals surface area contributed by atoms with Crippen molar-refractivity contribution in [3.8, 4) is 0 Å². The highest BCUT2D eigenvalue weighted by Crippen LogP contribution is 2.30. The summed E-state index contributed by atoms with van der Waals surface area (Å²) in [5, 5.41) is 0. The smallest absolute Gasteiger partial charge is 0.398 e. The summed E-state index contributed by atoms with van der Waals surface area (Å²) in [6, 6.07) is 7.91. The van der Waals surface area contributed by atoms with Crippen LogP contribution in [-0.2, 0) is 12.7 Å². The molecule has 1 aromatic heterocycles. The molecule has 0 bridgehead atoms. The van der Waals surface area contributed by atoms with Gasteiger partial charge in [-0.3, -0.25) is 9.36 Å². The maximum atomic E-state index is 12.9. The van der Waals surface area contributed by atoms with Crippen LogP contribution in [-0.4, -0.2) is 4.57 Å². The zero-order valence-corrected chi connectivity index (χ0v) is 11.7. The number of benzene rings is 1. The number of nitrogens with two attached hydrogens (primary N) is 1. The predicted molar refractivity (Wildman–Crippen MR) is 73.4 cm³/mol. The third kappa shape index (κ3) is 2.87. The van der Waals surface area contributed by atoms with Gasteiger partial charge in [0.25, 0.3) is 5.56 Å². The van der Waals surface area contributed by atoms with Gasteiger partial charge in [0.1, 0.15) is 5.69 Å². The van der Waals surface area contributed by atoms with Gasteiger partial charge in [-0.1, -0.05) is 18.2 Å². The Morgan fingerprint density at radius 1 is 1.15 bits per heavy atom. The van der Waals surface area contributed by atoms with Crippen LogP contribution in [0, 0.1) is 0 Å². The maximum absolute atomic E-state index is 12.9. The number of aromatic nitrogens is 1. The van der Waals surface area contributed by atoms with E-state index in [1.54, 1.807) is 18.2 Å². The van der Waals surface area contributed by atoms with Gasteiger partial charge in [0.2, 0.25) is 0 Å². The van der Waals surface area contributed by atoms with Crippen LogP contribution in [0.25, 0.3) is 0 Å². The summed E-state index contributed by atoms with van der Waals surface area (Å²) >= 11 is 3.22. The molecule has 0 aliphatic carbocycles. The Hall–Kier alpha value is -1.76. The first-order valence-corrected chi connectivity index (χ1v) is 6.40. The van der Waals surface area contributed by atoms with Gasteiger partial charge in [-0.2, -0.15) is 13.2 Å². The van der Waals surface area contributed by atoms with Crippen molar-refractivity contribution in [1.82, 2.24) is 4.57 Å². The van der Waals surface area contributed by atoms with Crippen molar-refractivity contribution in [2.45, 2.75) is 12.7 Å². The lowest BCUT2D eigenvalue weighted by molar-refractivity contribution is -0.144. The molecule has 2 aromatic rings. The number of anilines is 1. The SMILES string of the molecule is Nc1cccc(Cn2c(C(F)(F)F)cccc2=O)c1Br. The van der Waals surface area contributed by atoms with Crippen LogP contribution in [0.1, 0.15) is 11.3 Å². The summed E-state index contributed by atoms with van der Waals surface area (Å²) in [6.45, 7) is -0.208. The van der Waals surface area contributed by atoms with E-state index in [2.05, 4.69) is 15.9 Å². The number of hydrogen-bond donors (Lipinski definition) is 1. The second-order valence-corrected chi connectivity index (χ2v) is 4.95. The molecule has 0 aliphatic rings. The second-order valence-electron chi connectivity index (χ2n) is 4.15. The van der Waals surface area contributed by atoms with Crippen LogP contribution in [0.15, 0.2) is 45.7 Å². The van der Waals surface area contributed by atoms with E-state index in [9.17, 15) is 18.0 Å². The summed E-state index contributed by atoms with van der Waals surface area (Å²) < 4.78 is 39.9. The van der Waals surface area contributed by atoms with Crippen LogP contribution < -0.4 is 11.3 Å². The lowest BCUT2D eigenvalue weighted by atomic mass is 10.2. The predicted octanol–water partition coefficient (Wildman–Crippen LogP) is 3.26. The summed E-state index contributed by atoms with van der Waals surface area (Å²) in [5.74, 6) is 0. The molecule has 0 spiro atoms. The quantitative estimate of drug-likeness (QED) is 0.848. The fourth-order valence-electron chi connectivity index (χ4n) is 1.82. The Bertz CT molecular complexity index is 695. The minimum absolute atomic E-state index is 0.208. The van der Waals surface area contributed by atoms with Crippen LogP contribution in [0.2, 0.25) is 0 Å². The molecule has 3 nitrogen and oxygen atoms in total. The molecular formula is C13H10BrF3N2O. The van der Waals surface area contributed by atoms with Crippen LogP contribution >= 0.6 is 15.9 Å². The standard InChI is InChI=1S/C13H10BrF3N2O/c14-12-8(3-1-4-9(12)18)7-19-10(13(15,16)17)5-2-6-11(19)20/h1-6H,7,18H2. The molecule has 0 radical (unpaired) electrons. The van der Waals surface area contributed by atoms with Gasteiger partial charge < -0.3 is 5.73 Å². The van der Waals surface area contributed by atoms with Gasteiger partial charge in [0, 0.05) is 16.2 Å². The molecule has 0 fully saturated rings. The van der Waals surface area contributed by atoms with Gasteiger partial charge in [0.15, 0.2) is 0 Å². The Kier molecular flexibility index (Phi) is 3.89. The second kappa shape index (κ2) is 5.32. The molecule has 1 heterocycles. The van der Waals surface area contributed by atoms with Crippen molar-refractivity contribution in [1.29, 1.82) is 0 Å². The van der Waals surface area contributed by atoms with E-state index in [0.717, 1.165) is 18.2 Å². The largest absolute Gasteiger partial charge is 0.431 e. The third-order valence-corrected chi connectivity index (χ3v) is 3.74. The van der Waals surface area contributed by atoms with Crippen LogP contribution in [0.5, 0.6) is 0 Å². The average molecular weight is 347 g/mol. The Morgan fingerprint density at radius 2 is 1.80 bits per heavy atom. The fourth-order valence-corrected chi connectivity index (χ4v) is 2.21. The molecule has 1 aromatic carbocycles. The van der Waals surface area contributed by atoms with E-state index in [-0.39, 0.29) is 6.54 Å². The maximum Gasteiger partial charge on any atom is 0.431 e. The van der Waals surface area contributed by atoms with E-state index >= 15 is 0 Å². The Morgan fingerprint density at radius 3 is 2.45 bits per heavy atom. The zero-order chi connectivity index (χ0) is 14.9. The van der Waals surface area contributed by atoms with Crippen molar-refractivity contribution >= 4 is 21.6 Å². The molecule has 0 unspecified atom stereocenters. The minimum atomic E-state index is -4.59. The number of nitrogen functional groups attached to an aromatic ring is 1. The van der Waals surface area contributed by atoms with Gasteiger partial charge in [-0.25, -0.2) is 0 Å². The lowest BCUT2D eigenvalue weighted by Crippen LogP contribution is -2.27.